The SMILES string of the molecule is CCCCCCCCCCCCCCO[CH]([Na])CC.O=C(O)CC(C(=O)O)S(=O)(=O)O. The Labute approximate surface area is 205 Å². The number of carbonyl (C=O) groups is 2. The van der Waals surface area contributed by atoms with Crippen LogP contribution in [-0.4, -0.2) is 78.3 Å². The van der Waals surface area contributed by atoms with E-state index in [1.165, 1.54) is 111 Å². The first-order valence-corrected chi connectivity index (χ1v) is 14.2. The summed E-state index contributed by atoms with van der Waals surface area (Å²) in [4.78, 5) is 20.0. The van der Waals surface area contributed by atoms with Gasteiger partial charge in [0.2, 0.25) is 0 Å². The van der Waals surface area contributed by atoms with Crippen molar-refractivity contribution in [1.82, 2.24) is 0 Å². The fraction of sp³-hybridized carbons (Fsp3) is 0.905. The van der Waals surface area contributed by atoms with Crippen molar-refractivity contribution in [2.75, 3.05) is 6.61 Å². The van der Waals surface area contributed by atoms with Crippen LogP contribution in [0.4, 0.5) is 0 Å². The van der Waals surface area contributed by atoms with Crippen LogP contribution in [0.3, 0.4) is 0 Å². The van der Waals surface area contributed by atoms with Gasteiger partial charge in [-0.05, 0) is 0 Å². The van der Waals surface area contributed by atoms with E-state index in [9.17, 15) is 18.0 Å². The summed E-state index contributed by atoms with van der Waals surface area (Å²) in [5.74, 6) is -3.50. The summed E-state index contributed by atoms with van der Waals surface area (Å²) in [6.45, 7) is 5.51. The summed E-state index contributed by atoms with van der Waals surface area (Å²) in [5, 5.41) is 13.9. The standard InChI is InChI=1S/C17H35O.C4H6O7S.Na/c1-3-5-6-7-8-9-10-11-12-13-14-15-17-18-16-4-2;5-3(6)1-2(4(7)8)12(9,10)11;/h16H,3-15,17H2,1-2H3;2H,1H2,(H,5,6)(H,7,8)(H,9,10,11);. The van der Waals surface area contributed by atoms with Crippen molar-refractivity contribution in [3.63, 3.8) is 0 Å². The van der Waals surface area contributed by atoms with Crippen LogP contribution in [-0.2, 0) is 24.4 Å². The van der Waals surface area contributed by atoms with Crippen LogP contribution in [0.5, 0.6) is 0 Å². The Morgan fingerprint density at radius 3 is 1.55 bits per heavy atom. The predicted molar refractivity (Wildman–Crippen MR) is 122 cm³/mol. The molecule has 0 saturated heterocycles. The normalized spacial score (nSPS) is 13.2. The van der Waals surface area contributed by atoms with Crippen LogP contribution in [0.15, 0.2) is 0 Å². The second-order valence-electron chi connectivity index (χ2n) is 7.92. The van der Waals surface area contributed by atoms with Gasteiger partial charge in [0, 0.05) is 0 Å². The van der Waals surface area contributed by atoms with Crippen molar-refractivity contribution in [1.29, 1.82) is 0 Å². The molecular formula is C21H41NaO8S. The number of rotatable bonds is 19. The number of carboxylic acids is 2. The van der Waals surface area contributed by atoms with Crippen LogP contribution < -0.4 is 0 Å². The molecule has 8 nitrogen and oxygen atoms in total. The van der Waals surface area contributed by atoms with E-state index in [4.69, 9.17) is 19.5 Å². The Morgan fingerprint density at radius 1 is 0.839 bits per heavy atom. The molecule has 0 saturated carbocycles. The summed E-state index contributed by atoms with van der Waals surface area (Å²) >= 11 is 1.19. The molecule has 3 N–H and O–H groups in total. The first-order chi connectivity index (χ1) is 14.6. The van der Waals surface area contributed by atoms with Crippen molar-refractivity contribution in [3.8, 4) is 0 Å². The predicted octanol–water partition coefficient (Wildman–Crippen LogP) is 4.41. The van der Waals surface area contributed by atoms with Crippen molar-refractivity contribution in [3.05, 3.63) is 0 Å². The number of unbranched alkanes of at least 4 members (excludes halogenated alkanes) is 11. The average Bonchev–Trinajstić information content (AvgIpc) is 2.68. The second-order valence-corrected chi connectivity index (χ2v) is 10.8. The van der Waals surface area contributed by atoms with E-state index in [0.29, 0.717) is 3.35 Å². The molecule has 0 heterocycles. The number of carboxylic acid groups (broad SMARTS) is 2. The summed E-state index contributed by atoms with van der Waals surface area (Å²) in [6, 6.07) is 0. The summed E-state index contributed by atoms with van der Waals surface area (Å²) in [5.41, 5.74) is 0. The molecule has 0 fully saturated rings. The molecule has 2 atom stereocenters. The van der Waals surface area contributed by atoms with Crippen molar-refractivity contribution < 1.29 is 37.5 Å². The van der Waals surface area contributed by atoms with Crippen LogP contribution in [0.2, 0.25) is 0 Å². The third-order valence-electron chi connectivity index (χ3n) is 4.97. The van der Waals surface area contributed by atoms with Gasteiger partial charge in [0.15, 0.2) is 5.25 Å². The molecule has 0 spiro atoms. The number of hydrogen-bond acceptors (Lipinski definition) is 5. The van der Waals surface area contributed by atoms with Gasteiger partial charge >= 0.3 is 126 Å². The van der Waals surface area contributed by atoms with E-state index in [1.54, 1.807) is 0 Å². The third-order valence-corrected chi connectivity index (χ3v) is 7.21. The zero-order valence-electron chi connectivity index (χ0n) is 19.6. The van der Waals surface area contributed by atoms with Gasteiger partial charge in [-0.3, -0.25) is 14.1 Å². The molecule has 10 heteroatoms. The topological polar surface area (TPSA) is 138 Å². The molecule has 0 amide bonds. The minimum atomic E-state index is -4.84. The van der Waals surface area contributed by atoms with Gasteiger partial charge in [-0.1, -0.05) is 26.2 Å². The zero-order valence-corrected chi connectivity index (χ0v) is 22.4. The molecule has 31 heavy (non-hydrogen) atoms. The van der Waals surface area contributed by atoms with E-state index < -0.39 is 33.7 Å². The monoisotopic (exact) mass is 476 g/mol. The minimum absolute atomic E-state index is 0.590. The molecule has 0 aliphatic heterocycles. The second kappa shape index (κ2) is 21.6. The smallest absolute Gasteiger partial charge is 0.325 e. The quantitative estimate of drug-likeness (QED) is 0.142. The van der Waals surface area contributed by atoms with Crippen molar-refractivity contribution >= 4 is 50.0 Å². The maximum absolute atomic E-state index is 10.2. The van der Waals surface area contributed by atoms with E-state index in [-0.39, 0.29) is 0 Å². The van der Waals surface area contributed by atoms with Gasteiger partial charge < -0.3 is 10.2 Å². The number of ether oxygens (including phenoxy) is 1. The van der Waals surface area contributed by atoms with Crippen LogP contribution >= 0.6 is 0 Å². The molecule has 2 unspecified atom stereocenters. The van der Waals surface area contributed by atoms with Gasteiger partial charge in [0.05, 0.1) is 6.42 Å². The molecule has 0 aliphatic carbocycles. The molecule has 0 aromatic carbocycles. The minimum Gasteiger partial charge on any atom is -0.481 e. The molecule has 0 aliphatic rings. The maximum atomic E-state index is 10.2. The number of aliphatic carboxylic acids is 2. The first-order valence-electron chi connectivity index (χ1n) is 11.6. The Kier molecular flexibility index (Phi) is 23.0. The van der Waals surface area contributed by atoms with E-state index >= 15 is 0 Å². The number of hydrogen-bond donors (Lipinski definition) is 3. The molecule has 0 aromatic rings. The fourth-order valence-electron chi connectivity index (χ4n) is 2.82. The largest absolute Gasteiger partial charge is 0.481 e. The summed E-state index contributed by atoms with van der Waals surface area (Å²) in [6.07, 6.45) is 17.1. The van der Waals surface area contributed by atoms with E-state index in [0.717, 1.165) is 6.61 Å². The van der Waals surface area contributed by atoms with Crippen molar-refractivity contribution in [2.24, 2.45) is 0 Å². The first kappa shape index (κ1) is 33.0. The Hall–Kier alpha value is -0.190. The fourth-order valence-corrected chi connectivity index (χ4v) is 3.67. The van der Waals surface area contributed by atoms with E-state index in [2.05, 4.69) is 13.8 Å². The molecule has 0 radical (unpaired) electrons. The van der Waals surface area contributed by atoms with Gasteiger partial charge in [0.1, 0.15) is 0 Å². The van der Waals surface area contributed by atoms with Crippen LogP contribution in [0.25, 0.3) is 0 Å². The maximum Gasteiger partial charge on any atom is 0.325 e. The third kappa shape index (κ3) is 24.3. The zero-order chi connectivity index (χ0) is 24.1. The van der Waals surface area contributed by atoms with Crippen LogP contribution in [0.1, 0.15) is 104 Å². The molecule has 0 bridgehead atoms. The molecule has 180 valence electrons. The summed E-state index contributed by atoms with van der Waals surface area (Å²) in [7, 11) is -4.84. The molecular weight excluding hydrogens is 435 g/mol. The van der Waals surface area contributed by atoms with Crippen molar-refractivity contribution in [2.45, 2.75) is 112 Å². The molecule has 0 aromatic heterocycles. The van der Waals surface area contributed by atoms with E-state index in [1.807, 2.05) is 0 Å². The van der Waals surface area contributed by atoms with Gasteiger partial charge in [-0.15, -0.1) is 0 Å². The van der Waals surface area contributed by atoms with Gasteiger partial charge in [0.25, 0.3) is 10.1 Å². The Balaban J connectivity index is 0. The average molecular weight is 477 g/mol. The summed E-state index contributed by atoms with van der Waals surface area (Å²) < 4.78 is 35.0. The van der Waals surface area contributed by atoms with Gasteiger partial charge in [-0.2, -0.15) is 8.42 Å². The Morgan fingerprint density at radius 2 is 1.26 bits per heavy atom. The molecule has 0 rings (SSSR count). The van der Waals surface area contributed by atoms with Gasteiger partial charge in [-0.25, -0.2) is 0 Å². The Bertz CT molecular complexity index is 554. The van der Waals surface area contributed by atoms with Crippen LogP contribution in [0, 0.1) is 0 Å².